The summed E-state index contributed by atoms with van der Waals surface area (Å²) >= 11 is 0. The highest BCUT2D eigenvalue weighted by molar-refractivity contribution is 6.07. The Hall–Kier alpha value is -1.77. The monoisotopic (exact) mass is 298 g/mol. The molecular formula is C19H26N2O. The van der Waals surface area contributed by atoms with Gasteiger partial charge in [0.05, 0.1) is 11.4 Å². The van der Waals surface area contributed by atoms with E-state index in [-0.39, 0.29) is 5.41 Å². The minimum absolute atomic E-state index is 0.111. The lowest BCUT2D eigenvalue weighted by atomic mass is 9.67. The SMILES string of the molecule is CCCCC12CCC(=O)C(CC)=C1c1ccc(N)c(N)c1C2. The third kappa shape index (κ3) is 2.06. The molecule has 1 aromatic rings. The Bertz CT molecular complexity index is 660. The zero-order valence-corrected chi connectivity index (χ0v) is 13.7. The van der Waals surface area contributed by atoms with E-state index in [0.717, 1.165) is 36.9 Å². The first-order valence-corrected chi connectivity index (χ1v) is 8.48. The van der Waals surface area contributed by atoms with Crippen LogP contribution in [0.5, 0.6) is 0 Å². The van der Waals surface area contributed by atoms with Crippen molar-refractivity contribution >= 4 is 22.7 Å². The molecule has 0 heterocycles. The normalized spacial score (nSPS) is 23.6. The van der Waals surface area contributed by atoms with Crippen molar-refractivity contribution in [2.24, 2.45) is 5.41 Å². The lowest BCUT2D eigenvalue weighted by Gasteiger charge is -2.36. The molecule has 0 aromatic heterocycles. The molecule has 22 heavy (non-hydrogen) atoms. The molecule has 0 aliphatic heterocycles. The van der Waals surface area contributed by atoms with E-state index < -0.39 is 0 Å². The number of ketones is 1. The van der Waals surface area contributed by atoms with E-state index in [4.69, 9.17) is 11.5 Å². The van der Waals surface area contributed by atoms with E-state index in [0.29, 0.717) is 17.9 Å². The topological polar surface area (TPSA) is 69.1 Å². The number of hydrogen-bond acceptors (Lipinski definition) is 3. The van der Waals surface area contributed by atoms with Crippen LogP contribution in [-0.4, -0.2) is 5.78 Å². The van der Waals surface area contributed by atoms with E-state index in [9.17, 15) is 4.79 Å². The largest absolute Gasteiger partial charge is 0.397 e. The van der Waals surface area contributed by atoms with Gasteiger partial charge in [0, 0.05) is 11.8 Å². The number of fused-ring (bicyclic) bond motifs is 3. The smallest absolute Gasteiger partial charge is 0.159 e. The standard InChI is InChI=1S/C19H26N2O/c1-3-5-9-19-10-8-16(22)12(4-2)17(19)13-6-7-15(20)18(21)14(13)11-19/h6-7H,3-5,8-11,20-21H2,1-2H3. The Kier molecular flexibility index (Phi) is 3.75. The fourth-order valence-electron chi connectivity index (χ4n) is 4.39. The highest BCUT2D eigenvalue weighted by atomic mass is 16.1. The van der Waals surface area contributed by atoms with Crippen LogP contribution in [0.4, 0.5) is 11.4 Å². The first-order valence-electron chi connectivity index (χ1n) is 8.48. The van der Waals surface area contributed by atoms with Gasteiger partial charge in [0.1, 0.15) is 0 Å². The summed E-state index contributed by atoms with van der Waals surface area (Å²) in [6.07, 6.45) is 6.91. The van der Waals surface area contributed by atoms with E-state index in [1.54, 1.807) is 0 Å². The highest BCUT2D eigenvalue weighted by Crippen LogP contribution is 2.58. The van der Waals surface area contributed by atoms with Crippen molar-refractivity contribution in [2.45, 2.75) is 58.8 Å². The molecule has 118 valence electrons. The molecule has 3 heteroatoms. The van der Waals surface area contributed by atoms with Crippen molar-refractivity contribution in [1.29, 1.82) is 0 Å². The van der Waals surface area contributed by atoms with Crippen molar-refractivity contribution in [3.8, 4) is 0 Å². The van der Waals surface area contributed by atoms with Crippen LogP contribution in [0.25, 0.3) is 5.57 Å². The van der Waals surface area contributed by atoms with Gasteiger partial charge in [0.15, 0.2) is 5.78 Å². The van der Waals surface area contributed by atoms with Crippen LogP contribution in [0.1, 0.15) is 63.5 Å². The lowest BCUT2D eigenvalue weighted by molar-refractivity contribution is -0.116. The number of carbonyl (C=O) groups is 1. The molecule has 0 saturated carbocycles. The molecule has 3 nitrogen and oxygen atoms in total. The summed E-state index contributed by atoms with van der Waals surface area (Å²) in [6, 6.07) is 3.97. The van der Waals surface area contributed by atoms with Gasteiger partial charge in [-0.15, -0.1) is 0 Å². The summed E-state index contributed by atoms with van der Waals surface area (Å²) in [5.74, 6) is 0.327. The second-order valence-electron chi connectivity index (χ2n) is 6.79. The van der Waals surface area contributed by atoms with Crippen molar-refractivity contribution in [3.63, 3.8) is 0 Å². The van der Waals surface area contributed by atoms with Crippen LogP contribution in [-0.2, 0) is 11.2 Å². The van der Waals surface area contributed by atoms with Crippen molar-refractivity contribution in [1.82, 2.24) is 0 Å². The van der Waals surface area contributed by atoms with E-state index >= 15 is 0 Å². The number of nitrogen functional groups attached to an aromatic ring is 2. The molecule has 4 N–H and O–H groups in total. The average Bonchev–Trinajstić information content (AvgIpc) is 2.85. The number of allylic oxidation sites excluding steroid dienone is 2. The molecule has 0 saturated heterocycles. The van der Waals surface area contributed by atoms with Crippen LogP contribution >= 0.6 is 0 Å². The maximum atomic E-state index is 12.4. The fraction of sp³-hybridized carbons (Fsp3) is 0.526. The van der Waals surface area contributed by atoms with E-state index in [1.807, 2.05) is 6.07 Å². The van der Waals surface area contributed by atoms with Gasteiger partial charge < -0.3 is 11.5 Å². The number of hydrogen-bond donors (Lipinski definition) is 2. The quantitative estimate of drug-likeness (QED) is 0.822. The third-order valence-corrected chi connectivity index (χ3v) is 5.54. The highest BCUT2D eigenvalue weighted by Gasteiger charge is 2.46. The molecule has 2 aliphatic rings. The number of Topliss-reactive ketones (excluding diaryl/α,β-unsaturated/α-hetero) is 1. The predicted molar refractivity (Wildman–Crippen MR) is 92.4 cm³/mol. The van der Waals surface area contributed by atoms with Gasteiger partial charge in [-0.25, -0.2) is 0 Å². The molecule has 1 atom stereocenters. The fourth-order valence-corrected chi connectivity index (χ4v) is 4.39. The Morgan fingerprint density at radius 3 is 2.68 bits per heavy atom. The molecule has 0 spiro atoms. The number of rotatable bonds is 4. The third-order valence-electron chi connectivity index (χ3n) is 5.54. The maximum Gasteiger partial charge on any atom is 0.159 e. The Labute approximate surface area is 132 Å². The average molecular weight is 298 g/mol. The zero-order chi connectivity index (χ0) is 15.9. The number of benzene rings is 1. The summed E-state index contributed by atoms with van der Waals surface area (Å²) in [7, 11) is 0. The number of unbranched alkanes of at least 4 members (excludes halogenated alkanes) is 1. The first-order chi connectivity index (χ1) is 10.5. The molecule has 0 amide bonds. The maximum absolute atomic E-state index is 12.4. The summed E-state index contributed by atoms with van der Waals surface area (Å²) in [5, 5.41) is 0. The zero-order valence-electron chi connectivity index (χ0n) is 13.7. The molecule has 0 radical (unpaired) electrons. The number of carbonyl (C=O) groups excluding carboxylic acids is 1. The summed E-state index contributed by atoms with van der Waals surface area (Å²) in [6.45, 7) is 4.32. The molecule has 3 rings (SSSR count). The summed E-state index contributed by atoms with van der Waals surface area (Å²) in [4.78, 5) is 12.4. The molecule has 2 aliphatic carbocycles. The molecule has 0 fully saturated rings. The van der Waals surface area contributed by atoms with Gasteiger partial charge >= 0.3 is 0 Å². The van der Waals surface area contributed by atoms with Gasteiger partial charge in [0.25, 0.3) is 0 Å². The Balaban J connectivity index is 2.22. The lowest BCUT2D eigenvalue weighted by Crippen LogP contribution is -2.28. The van der Waals surface area contributed by atoms with Crippen molar-refractivity contribution in [3.05, 3.63) is 28.8 Å². The minimum Gasteiger partial charge on any atom is -0.397 e. The van der Waals surface area contributed by atoms with Gasteiger partial charge in [-0.2, -0.15) is 0 Å². The Morgan fingerprint density at radius 2 is 2.00 bits per heavy atom. The van der Waals surface area contributed by atoms with E-state index in [2.05, 4.69) is 19.9 Å². The van der Waals surface area contributed by atoms with Crippen molar-refractivity contribution in [2.75, 3.05) is 11.5 Å². The minimum atomic E-state index is 0.111. The van der Waals surface area contributed by atoms with Gasteiger partial charge in [0.2, 0.25) is 0 Å². The number of nitrogens with two attached hydrogens (primary N) is 2. The molecule has 0 bridgehead atoms. The molecular weight excluding hydrogens is 272 g/mol. The molecule has 1 aromatic carbocycles. The van der Waals surface area contributed by atoms with Crippen LogP contribution in [0.2, 0.25) is 0 Å². The van der Waals surface area contributed by atoms with Crippen LogP contribution in [0.15, 0.2) is 17.7 Å². The molecule has 1 unspecified atom stereocenters. The summed E-state index contributed by atoms with van der Waals surface area (Å²) < 4.78 is 0. The second-order valence-corrected chi connectivity index (χ2v) is 6.79. The van der Waals surface area contributed by atoms with E-state index in [1.165, 1.54) is 29.5 Å². The second kappa shape index (κ2) is 5.45. The summed E-state index contributed by atoms with van der Waals surface area (Å²) in [5.41, 5.74) is 18.5. The van der Waals surface area contributed by atoms with Gasteiger partial charge in [-0.1, -0.05) is 32.8 Å². The van der Waals surface area contributed by atoms with Crippen LogP contribution in [0.3, 0.4) is 0 Å². The van der Waals surface area contributed by atoms with Crippen LogP contribution < -0.4 is 11.5 Å². The Morgan fingerprint density at radius 1 is 1.23 bits per heavy atom. The first kappa shape index (κ1) is 15.1. The van der Waals surface area contributed by atoms with Crippen LogP contribution in [0, 0.1) is 5.41 Å². The predicted octanol–water partition coefficient (Wildman–Crippen LogP) is 4.11. The van der Waals surface area contributed by atoms with Crippen molar-refractivity contribution < 1.29 is 4.79 Å². The van der Waals surface area contributed by atoms with Gasteiger partial charge in [-0.3, -0.25) is 4.79 Å². The van der Waals surface area contributed by atoms with Gasteiger partial charge in [-0.05, 0) is 54.0 Å². The number of anilines is 2.